The molecule has 5 heteroatoms. The number of carbonyl (C=O) groups excluding carboxylic acids is 2. The second kappa shape index (κ2) is 4.23. The van der Waals surface area contributed by atoms with Gasteiger partial charge in [-0.05, 0) is 31.3 Å². The van der Waals surface area contributed by atoms with Crippen molar-refractivity contribution in [1.29, 1.82) is 0 Å². The fraction of sp³-hybridized carbons (Fsp3) is 0.733. The number of hydrogen-bond acceptors (Lipinski definition) is 5. The number of aliphatic hydroxyl groups excluding tert-OH is 1. The lowest BCUT2D eigenvalue weighted by atomic mass is 9.47. The number of Topliss-reactive ketones (excluding diaryl/α,β-unsaturated/α-hetero) is 1. The summed E-state index contributed by atoms with van der Waals surface area (Å²) in [5.74, 6) is -0.929. The lowest BCUT2D eigenvalue weighted by Crippen LogP contribution is -2.65. The van der Waals surface area contributed by atoms with E-state index in [-0.39, 0.29) is 12.8 Å². The van der Waals surface area contributed by atoms with Gasteiger partial charge < -0.3 is 15.3 Å². The molecule has 5 nitrogen and oxygen atoms in total. The van der Waals surface area contributed by atoms with Crippen molar-refractivity contribution in [2.24, 2.45) is 10.8 Å². The highest BCUT2D eigenvalue weighted by atomic mass is 16.3. The first-order valence-electron chi connectivity index (χ1n) is 6.85. The molecule has 112 valence electrons. The van der Waals surface area contributed by atoms with Gasteiger partial charge in [-0.1, -0.05) is 19.9 Å². The Labute approximate surface area is 118 Å². The third kappa shape index (κ3) is 1.73. The summed E-state index contributed by atoms with van der Waals surface area (Å²) in [6.45, 7) is 4.56. The molecule has 0 radical (unpaired) electrons. The first kappa shape index (κ1) is 15.4. The molecule has 0 aromatic carbocycles. The van der Waals surface area contributed by atoms with E-state index in [4.69, 9.17) is 0 Å². The van der Waals surface area contributed by atoms with Crippen LogP contribution in [0, 0.1) is 10.8 Å². The zero-order valence-corrected chi connectivity index (χ0v) is 12.1. The summed E-state index contributed by atoms with van der Waals surface area (Å²) >= 11 is 0. The van der Waals surface area contributed by atoms with Crippen LogP contribution < -0.4 is 0 Å². The highest BCUT2D eigenvalue weighted by Crippen LogP contribution is 2.59. The molecule has 0 saturated heterocycles. The molecule has 1 saturated carbocycles. The van der Waals surface area contributed by atoms with E-state index >= 15 is 0 Å². The van der Waals surface area contributed by atoms with Gasteiger partial charge in [0.05, 0.1) is 6.61 Å². The number of ketones is 2. The summed E-state index contributed by atoms with van der Waals surface area (Å²) in [5.41, 5.74) is -4.92. The monoisotopic (exact) mass is 282 g/mol. The maximum absolute atomic E-state index is 12.2. The van der Waals surface area contributed by atoms with Gasteiger partial charge in [0.15, 0.2) is 11.6 Å². The number of hydrogen-bond donors (Lipinski definition) is 3. The molecule has 2 aliphatic carbocycles. The topological polar surface area (TPSA) is 94.8 Å². The van der Waals surface area contributed by atoms with Crippen LogP contribution in [0.3, 0.4) is 0 Å². The van der Waals surface area contributed by atoms with E-state index in [1.165, 1.54) is 13.0 Å². The maximum Gasteiger partial charge on any atom is 0.187 e. The van der Waals surface area contributed by atoms with E-state index in [1.807, 2.05) is 13.8 Å². The smallest absolute Gasteiger partial charge is 0.187 e. The molecular weight excluding hydrogens is 260 g/mol. The molecule has 1 unspecified atom stereocenters. The minimum absolute atomic E-state index is 0.0447. The van der Waals surface area contributed by atoms with E-state index in [2.05, 4.69) is 0 Å². The summed E-state index contributed by atoms with van der Waals surface area (Å²) < 4.78 is 0. The SMILES string of the molecule is CC1(C)C=CC(=O)C(C)(O)[C@]12CC[C@@](O)(CO)C(=O)C2. The molecule has 0 aromatic rings. The normalized spacial score (nSPS) is 44.1. The van der Waals surface area contributed by atoms with E-state index in [9.17, 15) is 24.9 Å². The number of rotatable bonds is 1. The lowest BCUT2D eigenvalue weighted by molar-refractivity contribution is -0.188. The Morgan fingerprint density at radius 2 is 1.75 bits per heavy atom. The van der Waals surface area contributed by atoms with Crippen molar-refractivity contribution in [1.82, 2.24) is 0 Å². The maximum atomic E-state index is 12.2. The van der Waals surface area contributed by atoms with Gasteiger partial charge in [0.1, 0.15) is 11.2 Å². The minimum atomic E-state index is -1.75. The molecule has 1 fully saturated rings. The quantitative estimate of drug-likeness (QED) is 0.645. The molecule has 2 aliphatic rings. The molecule has 0 aliphatic heterocycles. The highest BCUT2D eigenvalue weighted by Gasteiger charge is 2.64. The average Bonchev–Trinajstić information content (AvgIpc) is 2.37. The van der Waals surface area contributed by atoms with Gasteiger partial charge in [-0.3, -0.25) is 9.59 Å². The van der Waals surface area contributed by atoms with E-state index in [0.717, 1.165) is 0 Å². The molecule has 1 spiro atoms. The molecule has 2 rings (SSSR count). The zero-order valence-electron chi connectivity index (χ0n) is 12.1. The standard InChI is InChI=1S/C15H22O5/c1-12(2)5-4-10(17)13(3,19)15(12)7-6-14(20,9-16)11(18)8-15/h4-5,16,19-20H,6-9H2,1-3H3/t13?,14-,15+/m1/s1. The third-order valence-electron chi connectivity index (χ3n) is 5.50. The van der Waals surface area contributed by atoms with Gasteiger partial charge in [-0.15, -0.1) is 0 Å². The van der Waals surface area contributed by atoms with Gasteiger partial charge >= 0.3 is 0 Å². The highest BCUT2D eigenvalue weighted by molar-refractivity contribution is 6.00. The summed E-state index contributed by atoms with van der Waals surface area (Å²) in [4.78, 5) is 24.3. The summed E-state index contributed by atoms with van der Waals surface area (Å²) in [6, 6.07) is 0. The Kier molecular flexibility index (Phi) is 3.24. The Balaban J connectivity index is 2.51. The molecule has 0 heterocycles. The van der Waals surface area contributed by atoms with Crippen molar-refractivity contribution in [3.05, 3.63) is 12.2 Å². The number of allylic oxidation sites excluding steroid dienone is 1. The second-order valence-electron chi connectivity index (χ2n) is 6.86. The van der Waals surface area contributed by atoms with Crippen molar-refractivity contribution in [3.63, 3.8) is 0 Å². The molecule has 0 amide bonds. The van der Waals surface area contributed by atoms with Crippen LogP contribution in [0.1, 0.15) is 40.0 Å². The van der Waals surface area contributed by atoms with E-state index < -0.39 is 40.2 Å². The average molecular weight is 282 g/mol. The Hall–Kier alpha value is -1.04. The van der Waals surface area contributed by atoms with Crippen LogP contribution >= 0.6 is 0 Å². The molecule has 20 heavy (non-hydrogen) atoms. The van der Waals surface area contributed by atoms with Gasteiger partial charge in [0, 0.05) is 11.8 Å². The van der Waals surface area contributed by atoms with Crippen LogP contribution in [-0.4, -0.2) is 44.7 Å². The van der Waals surface area contributed by atoms with Gasteiger partial charge in [0.2, 0.25) is 0 Å². The molecule has 0 aromatic heterocycles. The van der Waals surface area contributed by atoms with Crippen LogP contribution in [0.25, 0.3) is 0 Å². The van der Waals surface area contributed by atoms with Crippen molar-refractivity contribution in [2.75, 3.05) is 6.61 Å². The van der Waals surface area contributed by atoms with Crippen molar-refractivity contribution < 1.29 is 24.9 Å². The number of aliphatic hydroxyl groups is 3. The van der Waals surface area contributed by atoms with Crippen LogP contribution in [-0.2, 0) is 9.59 Å². The van der Waals surface area contributed by atoms with Crippen LogP contribution in [0.2, 0.25) is 0 Å². The first-order chi connectivity index (χ1) is 9.02. The zero-order chi connectivity index (χ0) is 15.4. The van der Waals surface area contributed by atoms with Crippen molar-refractivity contribution >= 4 is 11.6 Å². The fourth-order valence-corrected chi connectivity index (χ4v) is 3.69. The summed E-state index contributed by atoms with van der Waals surface area (Å²) in [7, 11) is 0. The largest absolute Gasteiger partial charge is 0.393 e. The fourth-order valence-electron chi connectivity index (χ4n) is 3.69. The van der Waals surface area contributed by atoms with Crippen LogP contribution in [0.5, 0.6) is 0 Å². The Morgan fingerprint density at radius 3 is 2.25 bits per heavy atom. The van der Waals surface area contributed by atoms with Crippen molar-refractivity contribution in [2.45, 2.75) is 51.2 Å². The minimum Gasteiger partial charge on any atom is -0.393 e. The summed E-state index contributed by atoms with van der Waals surface area (Å²) in [5, 5.41) is 30.0. The van der Waals surface area contributed by atoms with Crippen molar-refractivity contribution in [3.8, 4) is 0 Å². The van der Waals surface area contributed by atoms with Gasteiger partial charge in [0.25, 0.3) is 0 Å². The Bertz CT molecular complexity index is 490. The second-order valence-corrected chi connectivity index (χ2v) is 6.86. The predicted molar refractivity (Wildman–Crippen MR) is 71.9 cm³/mol. The first-order valence-corrected chi connectivity index (χ1v) is 6.85. The van der Waals surface area contributed by atoms with Crippen LogP contribution in [0.15, 0.2) is 12.2 Å². The van der Waals surface area contributed by atoms with Gasteiger partial charge in [-0.2, -0.15) is 0 Å². The van der Waals surface area contributed by atoms with E-state index in [1.54, 1.807) is 6.08 Å². The van der Waals surface area contributed by atoms with E-state index in [0.29, 0.717) is 6.42 Å². The molecule has 3 N–H and O–H groups in total. The lowest BCUT2D eigenvalue weighted by Gasteiger charge is -2.58. The Morgan fingerprint density at radius 1 is 1.15 bits per heavy atom. The van der Waals surface area contributed by atoms with Gasteiger partial charge in [-0.25, -0.2) is 0 Å². The molecule has 0 bridgehead atoms. The number of carbonyl (C=O) groups is 2. The third-order valence-corrected chi connectivity index (χ3v) is 5.50. The molecule has 3 atom stereocenters. The molecular formula is C15H22O5. The van der Waals surface area contributed by atoms with Crippen LogP contribution in [0.4, 0.5) is 0 Å². The summed E-state index contributed by atoms with van der Waals surface area (Å²) in [6.07, 6.45) is 3.31. The predicted octanol–water partition coefficient (Wildman–Crippen LogP) is 0.365.